The second kappa shape index (κ2) is 5.31. The largest absolute Gasteiger partial charge is 0.344 e. The fourth-order valence-corrected chi connectivity index (χ4v) is 8.32. The molecule has 0 amide bonds. The van der Waals surface area contributed by atoms with Crippen molar-refractivity contribution in [3.05, 3.63) is 29.6 Å². The molecule has 1 aromatic heterocycles. The van der Waals surface area contributed by atoms with Gasteiger partial charge in [-0.15, -0.1) is 0 Å². The van der Waals surface area contributed by atoms with Crippen molar-refractivity contribution in [3.8, 4) is 0 Å². The average Bonchev–Trinajstić information content (AvgIpc) is 3.28. The summed E-state index contributed by atoms with van der Waals surface area (Å²) in [6.45, 7) is 13.8. The minimum atomic E-state index is -0.483. The Bertz CT molecular complexity index is 843. The summed E-state index contributed by atoms with van der Waals surface area (Å²) < 4.78 is 13.4. The summed E-state index contributed by atoms with van der Waals surface area (Å²) >= 11 is 0. The fourth-order valence-electron chi connectivity index (χ4n) is 8.32. The number of ether oxygens (including phenoxy) is 2. The highest BCUT2D eigenvalue weighted by Gasteiger charge is 2.67. The molecule has 0 spiro atoms. The van der Waals surface area contributed by atoms with E-state index in [0.29, 0.717) is 29.1 Å². The van der Waals surface area contributed by atoms with Crippen molar-refractivity contribution in [1.29, 1.82) is 0 Å². The Morgan fingerprint density at radius 3 is 2.68 bits per heavy atom. The van der Waals surface area contributed by atoms with E-state index in [1.165, 1.54) is 42.5 Å². The topological polar surface area (TPSA) is 47.1 Å². The SMILES string of the molecule is C=C1CCC2C3[C@H]4OC(C)(C)O[C@@H]4[C@H]4Cc5[nH]ncc5C[C@]4(C)[C@H]3CC[C@]12C. The van der Waals surface area contributed by atoms with Crippen LogP contribution in [0.5, 0.6) is 0 Å². The van der Waals surface area contributed by atoms with E-state index in [1.54, 1.807) is 0 Å². The summed E-state index contributed by atoms with van der Waals surface area (Å²) in [5.74, 6) is 1.99. The minimum absolute atomic E-state index is 0.189. The Labute approximate surface area is 168 Å². The van der Waals surface area contributed by atoms with E-state index in [-0.39, 0.29) is 17.6 Å². The summed E-state index contributed by atoms with van der Waals surface area (Å²) in [7, 11) is 0. The van der Waals surface area contributed by atoms with E-state index in [4.69, 9.17) is 9.47 Å². The predicted octanol–water partition coefficient (Wildman–Crippen LogP) is 4.66. The molecule has 4 nitrogen and oxygen atoms in total. The van der Waals surface area contributed by atoms with Crippen LogP contribution in [-0.2, 0) is 22.3 Å². The first-order valence-corrected chi connectivity index (χ1v) is 11.3. The van der Waals surface area contributed by atoms with Gasteiger partial charge in [0.2, 0.25) is 0 Å². The first kappa shape index (κ1) is 17.7. The van der Waals surface area contributed by atoms with Crippen LogP contribution < -0.4 is 0 Å². The van der Waals surface area contributed by atoms with Gasteiger partial charge in [0.1, 0.15) is 0 Å². The molecule has 0 aromatic carbocycles. The molecule has 0 bridgehead atoms. The number of hydrogen-bond donors (Lipinski definition) is 1. The van der Waals surface area contributed by atoms with E-state index in [9.17, 15) is 0 Å². The highest BCUT2D eigenvalue weighted by atomic mass is 16.8. The van der Waals surface area contributed by atoms with Crippen molar-refractivity contribution in [2.24, 2.45) is 34.5 Å². The molecule has 1 saturated heterocycles. The van der Waals surface area contributed by atoms with Gasteiger partial charge >= 0.3 is 0 Å². The lowest BCUT2D eigenvalue weighted by Crippen LogP contribution is -2.63. The molecule has 3 saturated carbocycles. The molecule has 2 heterocycles. The van der Waals surface area contributed by atoms with Gasteiger partial charge in [0, 0.05) is 5.69 Å². The van der Waals surface area contributed by atoms with Crippen LogP contribution in [0.2, 0.25) is 0 Å². The quantitative estimate of drug-likeness (QED) is 0.664. The number of aromatic amines is 1. The molecule has 4 heteroatoms. The van der Waals surface area contributed by atoms with Gasteiger partial charge in [-0.2, -0.15) is 5.10 Å². The monoisotopic (exact) mass is 382 g/mol. The third kappa shape index (κ3) is 2.06. The standard InChI is InChI=1S/C24H34N2O2/c1-13-6-7-15-19-16(8-9-23(13,15)4)24(5)11-14-12-25-26-18(14)10-17(24)20-21(19)28-22(2,3)27-20/h12,15-17,19-21H,1,6-11H2,2-5H3,(H,25,26)/t15?,16-,17+,19?,20+,21+,23+,24+/m0/s1. The molecule has 2 unspecified atom stereocenters. The number of H-pyrrole nitrogens is 1. The molecule has 4 fully saturated rings. The fraction of sp³-hybridized carbons (Fsp3) is 0.792. The van der Waals surface area contributed by atoms with Crippen LogP contribution in [0.3, 0.4) is 0 Å². The Balaban J connectivity index is 1.49. The smallest absolute Gasteiger partial charge is 0.163 e. The first-order chi connectivity index (χ1) is 13.2. The molecular weight excluding hydrogens is 348 g/mol. The normalized spacial score (nSPS) is 51.1. The van der Waals surface area contributed by atoms with Crippen molar-refractivity contribution in [2.45, 2.75) is 84.2 Å². The van der Waals surface area contributed by atoms with Crippen molar-refractivity contribution in [1.82, 2.24) is 10.2 Å². The molecule has 1 N–H and O–H groups in total. The van der Waals surface area contributed by atoms with Crippen molar-refractivity contribution >= 4 is 0 Å². The van der Waals surface area contributed by atoms with Gasteiger partial charge in [0.25, 0.3) is 0 Å². The van der Waals surface area contributed by atoms with Gasteiger partial charge in [0.05, 0.1) is 18.4 Å². The van der Waals surface area contributed by atoms with Crippen LogP contribution in [0.4, 0.5) is 0 Å². The Morgan fingerprint density at radius 2 is 1.86 bits per heavy atom. The Hall–Kier alpha value is -1.13. The number of allylic oxidation sites excluding steroid dienone is 1. The van der Waals surface area contributed by atoms with Gasteiger partial charge < -0.3 is 9.47 Å². The van der Waals surface area contributed by atoms with Gasteiger partial charge in [0.15, 0.2) is 5.79 Å². The number of fused-ring (bicyclic) bond motifs is 9. The molecule has 1 aliphatic heterocycles. The lowest BCUT2D eigenvalue weighted by molar-refractivity contribution is -0.164. The molecule has 1 aromatic rings. The molecule has 5 aliphatic rings. The number of nitrogens with one attached hydrogen (secondary N) is 1. The Kier molecular flexibility index (Phi) is 3.36. The Morgan fingerprint density at radius 1 is 1.07 bits per heavy atom. The summed E-state index contributed by atoms with van der Waals surface area (Å²) in [5.41, 5.74) is 4.79. The summed E-state index contributed by atoms with van der Waals surface area (Å²) in [6.07, 6.45) is 9.71. The zero-order valence-corrected chi connectivity index (χ0v) is 17.8. The van der Waals surface area contributed by atoms with Gasteiger partial charge in [-0.3, -0.25) is 5.10 Å². The average molecular weight is 383 g/mol. The van der Waals surface area contributed by atoms with Crippen LogP contribution in [0.1, 0.15) is 64.6 Å². The van der Waals surface area contributed by atoms with Gasteiger partial charge in [-0.25, -0.2) is 0 Å². The number of hydrogen-bond acceptors (Lipinski definition) is 3. The third-order valence-corrected chi connectivity index (χ3v) is 9.72. The van der Waals surface area contributed by atoms with Crippen LogP contribution >= 0.6 is 0 Å². The molecule has 28 heavy (non-hydrogen) atoms. The molecule has 0 radical (unpaired) electrons. The summed E-state index contributed by atoms with van der Waals surface area (Å²) in [6, 6.07) is 0. The minimum Gasteiger partial charge on any atom is -0.344 e. The molecule has 152 valence electrons. The molecule has 6 rings (SSSR count). The summed E-state index contributed by atoms with van der Waals surface area (Å²) in [4.78, 5) is 0. The highest BCUT2D eigenvalue weighted by molar-refractivity contribution is 5.29. The zero-order chi connectivity index (χ0) is 19.5. The zero-order valence-electron chi connectivity index (χ0n) is 17.8. The van der Waals surface area contributed by atoms with Crippen molar-refractivity contribution in [2.75, 3.05) is 0 Å². The van der Waals surface area contributed by atoms with E-state index in [2.05, 4.69) is 50.7 Å². The number of nitrogens with zero attached hydrogens (tertiary/aromatic N) is 1. The summed E-state index contributed by atoms with van der Waals surface area (Å²) in [5, 5.41) is 7.65. The van der Waals surface area contributed by atoms with Crippen LogP contribution in [0, 0.1) is 34.5 Å². The second-order valence-electron chi connectivity index (χ2n) is 11.3. The maximum atomic E-state index is 6.70. The molecular formula is C24H34N2O2. The first-order valence-electron chi connectivity index (χ1n) is 11.3. The number of rotatable bonds is 0. The van der Waals surface area contributed by atoms with Crippen LogP contribution in [0.15, 0.2) is 18.3 Å². The van der Waals surface area contributed by atoms with E-state index >= 15 is 0 Å². The second-order valence-corrected chi connectivity index (χ2v) is 11.3. The predicted molar refractivity (Wildman–Crippen MR) is 108 cm³/mol. The molecule has 8 atom stereocenters. The maximum absolute atomic E-state index is 6.70. The molecule has 4 aliphatic carbocycles. The van der Waals surface area contributed by atoms with Crippen molar-refractivity contribution in [3.63, 3.8) is 0 Å². The third-order valence-electron chi connectivity index (χ3n) is 9.72. The van der Waals surface area contributed by atoms with Crippen LogP contribution in [0.25, 0.3) is 0 Å². The maximum Gasteiger partial charge on any atom is 0.163 e. The van der Waals surface area contributed by atoms with Gasteiger partial charge in [-0.05, 0) is 92.4 Å². The van der Waals surface area contributed by atoms with E-state index < -0.39 is 5.79 Å². The lowest BCUT2D eigenvalue weighted by Gasteiger charge is -2.62. The van der Waals surface area contributed by atoms with Crippen molar-refractivity contribution < 1.29 is 9.47 Å². The van der Waals surface area contributed by atoms with Gasteiger partial charge in [-0.1, -0.05) is 26.0 Å². The van der Waals surface area contributed by atoms with E-state index in [1.807, 2.05) is 0 Å². The lowest BCUT2D eigenvalue weighted by atomic mass is 9.44. The number of aromatic nitrogens is 2. The van der Waals surface area contributed by atoms with Crippen LogP contribution in [-0.4, -0.2) is 28.2 Å². The highest BCUT2D eigenvalue weighted by Crippen LogP contribution is 2.68. The van der Waals surface area contributed by atoms with E-state index in [0.717, 1.165) is 12.8 Å².